The summed E-state index contributed by atoms with van der Waals surface area (Å²) in [5, 5.41) is 0. The highest BCUT2D eigenvalue weighted by molar-refractivity contribution is 8.00. The topological polar surface area (TPSA) is 20.3 Å². The van der Waals surface area contributed by atoms with Crippen molar-refractivity contribution in [1.29, 1.82) is 0 Å². The zero-order chi connectivity index (χ0) is 13.7. The Morgan fingerprint density at radius 2 is 1.84 bits per heavy atom. The lowest BCUT2D eigenvalue weighted by Crippen LogP contribution is -2.40. The highest BCUT2D eigenvalue weighted by atomic mass is 32.2. The fraction of sp³-hybridized carbons (Fsp3) is 0.562. The maximum atomic E-state index is 12.2. The number of benzene rings is 1. The van der Waals surface area contributed by atoms with Crippen molar-refractivity contribution in [3.8, 4) is 0 Å². The molecular weight excluding hydrogens is 254 g/mol. The van der Waals surface area contributed by atoms with Gasteiger partial charge in [0.15, 0.2) is 0 Å². The Labute approximate surface area is 120 Å². The van der Waals surface area contributed by atoms with Gasteiger partial charge in [-0.1, -0.05) is 25.1 Å². The van der Waals surface area contributed by atoms with Gasteiger partial charge in [-0.05, 0) is 43.7 Å². The summed E-state index contributed by atoms with van der Waals surface area (Å²) in [6.45, 7) is 2.31. The fourth-order valence-electron chi connectivity index (χ4n) is 2.60. The summed E-state index contributed by atoms with van der Waals surface area (Å²) < 4.78 is 0. The molecule has 1 amide bonds. The van der Waals surface area contributed by atoms with Gasteiger partial charge in [0, 0.05) is 18.0 Å². The highest BCUT2D eigenvalue weighted by Crippen LogP contribution is 2.27. The van der Waals surface area contributed by atoms with Gasteiger partial charge in [-0.25, -0.2) is 0 Å². The normalized spacial score (nSPS) is 23.1. The minimum Gasteiger partial charge on any atom is -0.342 e. The summed E-state index contributed by atoms with van der Waals surface area (Å²) in [5.41, 5.74) is 0. The van der Waals surface area contributed by atoms with Crippen LogP contribution >= 0.6 is 11.8 Å². The van der Waals surface area contributed by atoms with Gasteiger partial charge in [0.2, 0.25) is 5.91 Å². The van der Waals surface area contributed by atoms with E-state index in [9.17, 15) is 4.79 Å². The lowest BCUT2D eigenvalue weighted by molar-refractivity contribution is -0.129. The SMILES string of the molecule is CC1CCC(N(C)C(=O)CSc2ccccc2)CC1. The Kier molecular flexibility index (Phi) is 5.32. The average molecular weight is 277 g/mol. The van der Waals surface area contributed by atoms with Crippen LogP contribution in [-0.4, -0.2) is 29.6 Å². The van der Waals surface area contributed by atoms with Gasteiger partial charge in [0.05, 0.1) is 5.75 Å². The zero-order valence-corrected chi connectivity index (χ0v) is 12.7. The second-order valence-corrected chi connectivity index (χ2v) is 6.57. The molecular formula is C16H23NOS. The first kappa shape index (κ1) is 14.4. The average Bonchev–Trinajstić information content (AvgIpc) is 2.46. The van der Waals surface area contributed by atoms with Crippen molar-refractivity contribution >= 4 is 17.7 Å². The van der Waals surface area contributed by atoms with E-state index in [0.29, 0.717) is 11.8 Å². The van der Waals surface area contributed by atoms with E-state index in [1.807, 2.05) is 30.1 Å². The molecule has 1 fully saturated rings. The van der Waals surface area contributed by atoms with Crippen LogP contribution in [-0.2, 0) is 4.79 Å². The Hall–Kier alpha value is -0.960. The number of thioether (sulfide) groups is 1. The molecule has 2 nitrogen and oxygen atoms in total. The fourth-order valence-corrected chi connectivity index (χ4v) is 3.44. The van der Waals surface area contributed by atoms with Crippen molar-refractivity contribution < 1.29 is 4.79 Å². The first-order chi connectivity index (χ1) is 9.16. The standard InChI is InChI=1S/C16H23NOS/c1-13-8-10-14(11-9-13)17(2)16(18)12-19-15-6-4-3-5-7-15/h3-7,13-14H,8-12H2,1-2H3. The molecule has 0 radical (unpaired) electrons. The molecule has 104 valence electrons. The molecule has 0 aliphatic heterocycles. The molecule has 0 unspecified atom stereocenters. The van der Waals surface area contributed by atoms with Crippen LogP contribution in [0.4, 0.5) is 0 Å². The number of carbonyl (C=O) groups excluding carboxylic acids is 1. The van der Waals surface area contributed by atoms with Crippen LogP contribution in [0.5, 0.6) is 0 Å². The largest absolute Gasteiger partial charge is 0.342 e. The third-order valence-electron chi connectivity index (χ3n) is 4.03. The molecule has 1 aromatic carbocycles. The molecule has 1 aromatic rings. The van der Waals surface area contributed by atoms with E-state index >= 15 is 0 Å². The number of amides is 1. The maximum Gasteiger partial charge on any atom is 0.232 e. The molecule has 0 atom stereocenters. The van der Waals surface area contributed by atoms with Crippen molar-refractivity contribution in [2.24, 2.45) is 5.92 Å². The van der Waals surface area contributed by atoms with Crippen LogP contribution in [0.3, 0.4) is 0 Å². The smallest absolute Gasteiger partial charge is 0.232 e. The number of nitrogens with zero attached hydrogens (tertiary/aromatic N) is 1. The van der Waals surface area contributed by atoms with E-state index in [1.165, 1.54) is 30.6 Å². The van der Waals surface area contributed by atoms with Gasteiger partial charge in [0.1, 0.15) is 0 Å². The minimum absolute atomic E-state index is 0.258. The van der Waals surface area contributed by atoms with Gasteiger partial charge in [-0.2, -0.15) is 0 Å². The Morgan fingerprint density at radius 1 is 1.21 bits per heavy atom. The molecule has 0 bridgehead atoms. The van der Waals surface area contributed by atoms with Gasteiger partial charge in [0.25, 0.3) is 0 Å². The maximum absolute atomic E-state index is 12.2. The van der Waals surface area contributed by atoms with Crippen molar-refractivity contribution in [3.63, 3.8) is 0 Å². The third-order valence-corrected chi connectivity index (χ3v) is 5.03. The molecule has 0 aromatic heterocycles. The molecule has 0 saturated heterocycles. The van der Waals surface area contributed by atoms with Crippen LogP contribution in [0, 0.1) is 5.92 Å². The van der Waals surface area contributed by atoms with Crippen LogP contribution < -0.4 is 0 Å². The zero-order valence-electron chi connectivity index (χ0n) is 11.8. The molecule has 0 N–H and O–H groups in total. The monoisotopic (exact) mass is 277 g/mol. The van der Waals surface area contributed by atoms with Crippen LogP contribution in [0.15, 0.2) is 35.2 Å². The summed E-state index contributed by atoms with van der Waals surface area (Å²) in [6, 6.07) is 10.6. The first-order valence-corrected chi connectivity index (χ1v) is 8.09. The second kappa shape index (κ2) is 6.99. The number of hydrogen-bond acceptors (Lipinski definition) is 2. The van der Waals surface area contributed by atoms with Crippen molar-refractivity contribution in [1.82, 2.24) is 4.90 Å². The van der Waals surface area contributed by atoms with Crippen molar-refractivity contribution in [2.45, 2.75) is 43.5 Å². The number of rotatable bonds is 4. The van der Waals surface area contributed by atoms with Crippen LogP contribution in [0.25, 0.3) is 0 Å². The predicted molar refractivity (Wildman–Crippen MR) is 81.4 cm³/mol. The van der Waals surface area contributed by atoms with Gasteiger partial charge in [-0.15, -0.1) is 11.8 Å². The molecule has 2 rings (SSSR count). The summed E-state index contributed by atoms with van der Waals surface area (Å²) >= 11 is 1.63. The molecule has 3 heteroatoms. The summed E-state index contributed by atoms with van der Waals surface area (Å²) in [5.74, 6) is 1.64. The molecule has 1 aliphatic carbocycles. The third kappa shape index (κ3) is 4.27. The van der Waals surface area contributed by atoms with E-state index in [-0.39, 0.29) is 5.91 Å². The molecule has 1 saturated carbocycles. The predicted octanol–water partition coefficient (Wildman–Crippen LogP) is 3.82. The summed E-state index contributed by atoms with van der Waals surface area (Å²) in [4.78, 5) is 15.3. The van der Waals surface area contributed by atoms with E-state index in [0.717, 1.165) is 5.92 Å². The lowest BCUT2D eigenvalue weighted by atomic mass is 9.87. The first-order valence-electron chi connectivity index (χ1n) is 7.10. The van der Waals surface area contributed by atoms with Gasteiger partial charge in [-0.3, -0.25) is 4.79 Å². The lowest BCUT2D eigenvalue weighted by Gasteiger charge is -2.33. The number of hydrogen-bond donors (Lipinski definition) is 0. The van der Waals surface area contributed by atoms with E-state index < -0.39 is 0 Å². The van der Waals surface area contributed by atoms with Crippen LogP contribution in [0.1, 0.15) is 32.6 Å². The van der Waals surface area contributed by atoms with Gasteiger partial charge >= 0.3 is 0 Å². The Morgan fingerprint density at radius 3 is 2.47 bits per heavy atom. The molecule has 19 heavy (non-hydrogen) atoms. The highest BCUT2D eigenvalue weighted by Gasteiger charge is 2.24. The number of carbonyl (C=O) groups is 1. The van der Waals surface area contributed by atoms with Crippen molar-refractivity contribution in [2.75, 3.05) is 12.8 Å². The molecule has 0 heterocycles. The van der Waals surface area contributed by atoms with E-state index in [2.05, 4.69) is 19.1 Å². The summed E-state index contributed by atoms with van der Waals surface area (Å²) in [6.07, 6.45) is 4.85. The minimum atomic E-state index is 0.258. The Bertz CT molecular complexity index is 398. The Balaban J connectivity index is 1.79. The van der Waals surface area contributed by atoms with E-state index in [1.54, 1.807) is 11.8 Å². The second-order valence-electron chi connectivity index (χ2n) is 5.52. The van der Waals surface area contributed by atoms with Crippen LogP contribution in [0.2, 0.25) is 0 Å². The van der Waals surface area contributed by atoms with Crippen molar-refractivity contribution in [3.05, 3.63) is 30.3 Å². The summed E-state index contributed by atoms with van der Waals surface area (Å²) in [7, 11) is 1.97. The molecule has 0 spiro atoms. The quantitative estimate of drug-likeness (QED) is 0.780. The molecule has 1 aliphatic rings. The van der Waals surface area contributed by atoms with Gasteiger partial charge < -0.3 is 4.90 Å². The van der Waals surface area contributed by atoms with E-state index in [4.69, 9.17) is 0 Å².